The van der Waals surface area contributed by atoms with Crippen LogP contribution in [0, 0.1) is 17.2 Å². The topological polar surface area (TPSA) is 23.8 Å². The zero-order chi connectivity index (χ0) is 10.6. The maximum absolute atomic E-state index is 9.09. The predicted molar refractivity (Wildman–Crippen MR) is 62.0 cm³/mol. The molecule has 0 heterocycles. The summed E-state index contributed by atoms with van der Waals surface area (Å²) in [6, 6.07) is 10.4. The fraction of sp³-hybridized carbons (Fsp3) is 0.417. The number of nitriles is 1. The van der Waals surface area contributed by atoms with Crippen LogP contribution in [0.3, 0.4) is 0 Å². The largest absolute Gasteiger partial charge is 0.198 e. The molecule has 0 saturated heterocycles. The molecule has 0 fully saturated rings. The number of rotatable bonds is 3. The van der Waals surface area contributed by atoms with Gasteiger partial charge >= 0.3 is 0 Å². The maximum Gasteiger partial charge on any atom is 0.0738 e. The van der Waals surface area contributed by atoms with Crippen molar-refractivity contribution in [2.75, 3.05) is 0 Å². The summed E-state index contributed by atoms with van der Waals surface area (Å²) in [6.07, 6.45) is 1.04. The third-order valence-electron chi connectivity index (χ3n) is 2.58. The molecule has 0 aliphatic heterocycles. The molecule has 2 unspecified atom stereocenters. The van der Waals surface area contributed by atoms with E-state index in [0.29, 0.717) is 5.92 Å². The van der Waals surface area contributed by atoms with Gasteiger partial charge in [0.05, 0.1) is 12.0 Å². The van der Waals surface area contributed by atoms with Crippen LogP contribution in [0.4, 0.5) is 0 Å². The summed E-state index contributed by atoms with van der Waals surface area (Å²) in [5.74, 6) is 0.439. The summed E-state index contributed by atoms with van der Waals surface area (Å²) in [4.78, 5) is 0. The van der Waals surface area contributed by atoms with E-state index >= 15 is 0 Å². The van der Waals surface area contributed by atoms with Gasteiger partial charge in [-0.15, -0.1) is 0 Å². The van der Waals surface area contributed by atoms with Crippen molar-refractivity contribution in [3.63, 3.8) is 0 Å². The highest BCUT2D eigenvalue weighted by molar-refractivity contribution is 9.10. The number of hydrogen-bond donors (Lipinski definition) is 0. The smallest absolute Gasteiger partial charge is 0.0738 e. The molecule has 0 bridgehead atoms. The molecule has 2 atom stereocenters. The molecule has 0 saturated carbocycles. The van der Waals surface area contributed by atoms with E-state index in [1.807, 2.05) is 24.3 Å². The Morgan fingerprint density at radius 2 is 1.93 bits per heavy atom. The second kappa shape index (κ2) is 5.17. The predicted octanol–water partition coefficient (Wildman–Crippen LogP) is 4.10. The van der Waals surface area contributed by atoms with Crippen LogP contribution >= 0.6 is 15.9 Å². The monoisotopic (exact) mass is 251 g/mol. The third-order valence-corrected chi connectivity index (χ3v) is 3.11. The first kappa shape index (κ1) is 11.3. The summed E-state index contributed by atoms with van der Waals surface area (Å²) in [7, 11) is 0. The van der Waals surface area contributed by atoms with Gasteiger partial charge in [0.2, 0.25) is 0 Å². The molecule has 1 aromatic carbocycles. The van der Waals surface area contributed by atoms with E-state index in [-0.39, 0.29) is 5.92 Å². The van der Waals surface area contributed by atoms with Gasteiger partial charge in [0, 0.05) is 4.47 Å². The SMILES string of the molecule is CCC(C)C(C#N)c1ccc(Br)cc1. The standard InChI is InChI=1S/C12H14BrN/c1-3-9(2)12(8-14)10-4-6-11(13)7-5-10/h4-7,9,12H,3H2,1-2H3. The van der Waals surface area contributed by atoms with Gasteiger partial charge in [0.1, 0.15) is 0 Å². The van der Waals surface area contributed by atoms with Crippen molar-refractivity contribution in [3.8, 4) is 6.07 Å². The van der Waals surface area contributed by atoms with Crippen molar-refractivity contribution in [1.82, 2.24) is 0 Å². The second-order valence-electron chi connectivity index (χ2n) is 3.54. The van der Waals surface area contributed by atoms with Gasteiger partial charge in [-0.05, 0) is 23.6 Å². The molecule has 0 radical (unpaired) electrons. The Morgan fingerprint density at radius 3 is 2.36 bits per heavy atom. The second-order valence-corrected chi connectivity index (χ2v) is 4.46. The van der Waals surface area contributed by atoms with Gasteiger partial charge in [-0.1, -0.05) is 48.3 Å². The van der Waals surface area contributed by atoms with E-state index < -0.39 is 0 Å². The van der Waals surface area contributed by atoms with Crippen LogP contribution in [0.2, 0.25) is 0 Å². The van der Waals surface area contributed by atoms with Crippen LogP contribution in [-0.4, -0.2) is 0 Å². The van der Waals surface area contributed by atoms with Crippen molar-refractivity contribution in [1.29, 1.82) is 5.26 Å². The first-order valence-electron chi connectivity index (χ1n) is 4.84. The summed E-state index contributed by atoms with van der Waals surface area (Å²) < 4.78 is 1.06. The van der Waals surface area contributed by atoms with E-state index in [9.17, 15) is 0 Å². The average molecular weight is 252 g/mol. The molecule has 0 aliphatic carbocycles. The third kappa shape index (κ3) is 2.59. The molecular weight excluding hydrogens is 238 g/mol. The van der Waals surface area contributed by atoms with Crippen LogP contribution in [-0.2, 0) is 0 Å². The molecule has 1 nitrogen and oxygen atoms in total. The lowest BCUT2D eigenvalue weighted by Crippen LogP contribution is -2.06. The zero-order valence-corrected chi connectivity index (χ0v) is 10.1. The van der Waals surface area contributed by atoms with Gasteiger partial charge in [-0.2, -0.15) is 5.26 Å². The molecule has 0 N–H and O–H groups in total. The van der Waals surface area contributed by atoms with Crippen molar-refractivity contribution in [2.45, 2.75) is 26.2 Å². The highest BCUT2D eigenvalue weighted by Gasteiger charge is 2.16. The molecule has 0 amide bonds. The Labute approximate surface area is 93.9 Å². The van der Waals surface area contributed by atoms with E-state index in [1.54, 1.807) is 0 Å². The van der Waals surface area contributed by atoms with E-state index in [4.69, 9.17) is 5.26 Å². The molecule has 0 spiro atoms. The van der Waals surface area contributed by atoms with Crippen LogP contribution in [0.5, 0.6) is 0 Å². The molecular formula is C12H14BrN. The van der Waals surface area contributed by atoms with Gasteiger partial charge < -0.3 is 0 Å². The highest BCUT2D eigenvalue weighted by Crippen LogP contribution is 2.27. The van der Waals surface area contributed by atoms with Crippen LogP contribution in [0.1, 0.15) is 31.7 Å². The van der Waals surface area contributed by atoms with Gasteiger partial charge in [-0.3, -0.25) is 0 Å². The molecule has 0 aromatic heterocycles. The fourth-order valence-corrected chi connectivity index (χ4v) is 1.70. The number of benzene rings is 1. The minimum Gasteiger partial charge on any atom is -0.198 e. The minimum atomic E-state index is 0.0214. The Hall–Kier alpha value is -0.810. The summed E-state index contributed by atoms with van der Waals surface area (Å²) in [5.41, 5.74) is 1.12. The lowest BCUT2D eigenvalue weighted by molar-refractivity contribution is 0.514. The Bertz CT molecular complexity index is 323. The average Bonchev–Trinajstić information content (AvgIpc) is 2.21. The summed E-state index contributed by atoms with van der Waals surface area (Å²) in [5, 5.41) is 9.09. The number of halogens is 1. The van der Waals surface area contributed by atoms with Crippen LogP contribution < -0.4 is 0 Å². The van der Waals surface area contributed by atoms with Crippen molar-refractivity contribution in [3.05, 3.63) is 34.3 Å². The van der Waals surface area contributed by atoms with E-state index in [2.05, 4.69) is 35.8 Å². The van der Waals surface area contributed by atoms with Crippen molar-refractivity contribution >= 4 is 15.9 Å². The van der Waals surface area contributed by atoms with Gasteiger partial charge in [-0.25, -0.2) is 0 Å². The van der Waals surface area contributed by atoms with E-state index in [1.165, 1.54) is 0 Å². The van der Waals surface area contributed by atoms with Crippen LogP contribution in [0.15, 0.2) is 28.7 Å². The van der Waals surface area contributed by atoms with E-state index in [0.717, 1.165) is 16.5 Å². The first-order chi connectivity index (χ1) is 6.69. The lowest BCUT2D eigenvalue weighted by atomic mass is 9.87. The lowest BCUT2D eigenvalue weighted by Gasteiger charge is -2.15. The molecule has 1 aromatic rings. The maximum atomic E-state index is 9.09. The summed E-state index contributed by atoms with van der Waals surface area (Å²) in [6.45, 7) is 4.24. The normalized spacial score (nSPS) is 14.4. The molecule has 2 heteroatoms. The highest BCUT2D eigenvalue weighted by atomic mass is 79.9. The molecule has 74 valence electrons. The first-order valence-corrected chi connectivity index (χ1v) is 5.63. The van der Waals surface area contributed by atoms with Crippen molar-refractivity contribution < 1.29 is 0 Å². The zero-order valence-electron chi connectivity index (χ0n) is 8.50. The number of hydrogen-bond acceptors (Lipinski definition) is 1. The van der Waals surface area contributed by atoms with Gasteiger partial charge in [0.25, 0.3) is 0 Å². The molecule has 0 aliphatic rings. The van der Waals surface area contributed by atoms with Crippen molar-refractivity contribution in [2.24, 2.45) is 5.92 Å². The molecule has 1 rings (SSSR count). The number of nitrogens with zero attached hydrogens (tertiary/aromatic N) is 1. The van der Waals surface area contributed by atoms with Crippen LogP contribution in [0.25, 0.3) is 0 Å². The molecule has 14 heavy (non-hydrogen) atoms. The van der Waals surface area contributed by atoms with Gasteiger partial charge in [0.15, 0.2) is 0 Å². The summed E-state index contributed by atoms with van der Waals surface area (Å²) >= 11 is 3.39. The quantitative estimate of drug-likeness (QED) is 0.794. The Morgan fingerprint density at radius 1 is 1.36 bits per heavy atom. The fourth-order valence-electron chi connectivity index (χ4n) is 1.44. The minimum absolute atomic E-state index is 0.0214. The Kier molecular flexibility index (Phi) is 4.16. The Balaban J connectivity index is 2.91.